The summed E-state index contributed by atoms with van der Waals surface area (Å²) in [4.78, 5) is 0. The Morgan fingerprint density at radius 3 is 2.59 bits per heavy atom. The van der Waals surface area contributed by atoms with Gasteiger partial charge in [0.05, 0.1) is 11.7 Å². The highest BCUT2D eigenvalue weighted by Gasteiger charge is 2.45. The van der Waals surface area contributed by atoms with Gasteiger partial charge in [-0.2, -0.15) is 5.01 Å². The fourth-order valence-electron chi connectivity index (χ4n) is 3.24. The zero-order valence-electron chi connectivity index (χ0n) is 12.9. The van der Waals surface area contributed by atoms with Crippen molar-refractivity contribution in [2.45, 2.75) is 32.0 Å². The first-order valence-electron chi connectivity index (χ1n) is 7.82. The van der Waals surface area contributed by atoms with Crippen LogP contribution in [0.4, 0.5) is 0 Å². The van der Waals surface area contributed by atoms with E-state index in [1.54, 1.807) is 0 Å². The molecule has 2 atom stereocenters. The van der Waals surface area contributed by atoms with E-state index >= 15 is 0 Å². The molecule has 2 aromatic rings. The highest BCUT2D eigenvalue weighted by atomic mass is 16.5. The monoisotopic (exact) mass is 292 g/mol. The van der Waals surface area contributed by atoms with Crippen molar-refractivity contribution < 1.29 is 4.74 Å². The second-order valence-electron chi connectivity index (χ2n) is 6.04. The summed E-state index contributed by atoms with van der Waals surface area (Å²) in [5.74, 6) is 0.987. The van der Waals surface area contributed by atoms with E-state index in [0.717, 1.165) is 17.9 Å². The van der Waals surface area contributed by atoms with E-state index in [1.165, 1.54) is 11.1 Å². The number of rotatable bonds is 2. The molecule has 0 saturated heterocycles. The summed E-state index contributed by atoms with van der Waals surface area (Å²) in [6, 6.07) is 19.0. The number of benzene rings is 2. The number of nitrogens with one attached hydrogen (secondary N) is 1. The maximum Gasteiger partial charge on any atom is 0.177 e. The van der Waals surface area contributed by atoms with Crippen LogP contribution in [-0.2, 0) is 0 Å². The molecule has 0 aromatic heterocycles. The fraction of sp³-hybridized carbons (Fsp3) is 0.263. The van der Waals surface area contributed by atoms with Crippen LogP contribution in [0.15, 0.2) is 60.7 Å². The van der Waals surface area contributed by atoms with Crippen molar-refractivity contribution >= 4 is 5.70 Å². The number of nitrogens with zero attached hydrogens (tertiary/aromatic N) is 1. The lowest BCUT2D eigenvalue weighted by Crippen LogP contribution is -2.57. The Morgan fingerprint density at radius 1 is 1.09 bits per heavy atom. The third-order valence-electron chi connectivity index (χ3n) is 4.66. The van der Waals surface area contributed by atoms with E-state index in [4.69, 9.17) is 4.74 Å². The molecule has 4 rings (SSSR count). The van der Waals surface area contributed by atoms with Crippen molar-refractivity contribution in [3.8, 4) is 5.75 Å². The normalized spacial score (nSPS) is 26.5. The molecule has 112 valence electrons. The molecule has 2 aromatic carbocycles. The molecular weight excluding hydrogens is 272 g/mol. The van der Waals surface area contributed by atoms with E-state index in [1.807, 2.05) is 12.1 Å². The Kier molecular flexibility index (Phi) is 2.98. The number of para-hydroxylation sites is 1. The molecule has 22 heavy (non-hydrogen) atoms. The summed E-state index contributed by atoms with van der Waals surface area (Å²) in [5.41, 5.74) is 6.77. The second-order valence-corrected chi connectivity index (χ2v) is 6.04. The molecule has 1 N–H and O–H groups in total. The molecule has 0 amide bonds. The molecule has 3 heteroatoms. The first kappa shape index (κ1) is 13.4. The Labute approximate surface area is 131 Å². The minimum absolute atomic E-state index is 0.199. The van der Waals surface area contributed by atoms with Gasteiger partial charge < -0.3 is 10.2 Å². The Bertz CT molecular complexity index is 725. The number of fused-ring (bicyclic) bond motifs is 3. The number of hydrazine groups is 1. The molecule has 0 bridgehead atoms. The van der Waals surface area contributed by atoms with Crippen LogP contribution in [0.3, 0.4) is 0 Å². The van der Waals surface area contributed by atoms with Crippen molar-refractivity contribution in [3.05, 3.63) is 71.8 Å². The van der Waals surface area contributed by atoms with E-state index in [2.05, 4.69) is 72.8 Å². The minimum atomic E-state index is -0.355. The Hall–Kier alpha value is -2.26. The molecule has 3 nitrogen and oxygen atoms in total. The van der Waals surface area contributed by atoms with Crippen LogP contribution in [-0.4, -0.2) is 10.7 Å². The Balaban J connectivity index is 1.80. The first-order valence-corrected chi connectivity index (χ1v) is 7.82. The third kappa shape index (κ3) is 1.93. The van der Waals surface area contributed by atoms with Crippen LogP contribution in [0, 0.1) is 0 Å². The molecule has 2 heterocycles. The molecule has 0 unspecified atom stereocenters. The van der Waals surface area contributed by atoms with Crippen molar-refractivity contribution in [1.82, 2.24) is 10.4 Å². The maximum absolute atomic E-state index is 6.30. The van der Waals surface area contributed by atoms with Gasteiger partial charge in [-0.3, -0.25) is 0 Å². The molecular formula is C19H20N2O. The number of hydrogen-bond acceptors (Lipinski definition) is 3. The summed E-state index contributed by atoms with van der Waals surface area (Å²) in [7, 11) is 0. The van der Waals surface area contributed by atoms with Gasteiger partial charge in [0.1, 0.15) is 5.75 Å². The van der Waals surface area contributed by atoms with E-state index in [0.29, 0.717) is 0 Å². The summed E-state index contributed by atoms with van der Waals surface area (Å²) >= 11 is 0. The van der Waals surface area contributed by atoms with Gasteiger partial charge in [-0.15, -0.1) is 0 Å². The van der Waals surface area contributed by atoms with Gasteiger partial charge in [-0.1, -0.05) is 55.5 Å². The maximum atomic E-state index is 6.30. The molecule has 0 fully saturated rings. The fourth-order valence-corrected chi connectivity index (χ4v) is 3.24. The van der Waals surface area contributed by atoms with E-state index in [-0.39, 0.29) is 11.8 Å². The molecule has 0 radical (unpaired) electrons. The largest absolute Gasteiger partial charge is 0.471 e. The lowest BCUT2D eigenvalue weighted by molar-refractivity contribution is -0.119. The highest BCUT2D eigenvalue weighted by Crippen LogP contribution is 2.45. The summed E-state index contributed by atoms with van der Waals surface area (Å²) in [5, 5.41) is 2.23. The standard InChI is InChI=1S/C19H20N2O/c1-3-19(2)21-17(15-11-7-8-12-18(15)22-19)13-16(20-21)14-9-5-4-6-10-14/h4-13,17,20H,3H2,1-2H3/t17-,19-/m1/s1. The molecule has 2 aliphatic rings. The first-order chi connectivity index (χ1) is 10.7. The van der Waals surface area contributed by atoms with Crippen molar-refractivity contribution in [2.75, 3.05) is 0 Å². The minimum Gasteiger partial charge on any atom is -0.471 e. The van der Waals surface area contributed by atoms with Gasteiger partial charge in [0.25, 0.3) is 0 Å². The number of ether oxygens (including phenoxy) is 1. The quantitative estimate of drug-likeness (QED) is 0.901. The predicted octanol–water partition coefficient (Wildman–Crippen LogP) is 4.11. The topological polar surface area (TPSA) is 24.5 Å². The van der Waals surface area contributed by atoms with Gasteiger partial charge in [-0.05, 0) is 31.1 Å². The van der Waals surface area contributed by atoms with Gasteiger partial charge in [0, 0.05) is 5.56 Å². The van der Waals surface area contributed by atoms with Crippen LogP contribution in [0.25, 0.3) is 5.70 Å². The van der Waals surface area contributed by atoms with Crippen LogP contribution in [0.1, 0.15) is 37.4 Å². The van der Waals surface area contributed by atoms with Crippen LogP contribution in [0.2, 0.25) is 0 Å². The van der Waals surface area contributed by atoms with Crippen molar-refractivity contribution in [3.63, 3.8) is 0 Å². The number of hydrogen-bond donors (Lipinski definition) is 1. The molecule has 0 aliphatic carbocycles. The highest BCUT2D eigenvalue weighted by molar-refractivity contribution is 5.67. The molecule has 0 spiro atoms. The average molecular weight is 292 g/mol. The summed E-state index contributed by atoms with van der Waals surface area (Å²) in [6.07, 6.45) is 3.20. The zero-order chi connectivity index (χ0) is 15.2. The molecule has 0 saturated carbocycles. The van der Waals surface area contributed by atoms with Gasteiger partial charge in [0.15, 0.2) is 5.72 Å². The summed E-state index contributed by atoms with van der Waals surface area (Å²) in [6.45, 7) is 4.30. The van der Waals surface area contributed by atoms with Crippen LogP contribution in [0.5, 0.6) is 5.75 Å². The lowest BCUT2D eigenvalue weighted by Gasteiger charge is -2.46. The van der Waals surface area contributed by atoms with Crippen molar-refractivity contribution in [2.24, 2.45) is 0 Å². The summed E-state index contributed by atoms with van der Waals surface area (Å²) < 4.78 is 6.30. The SMILES string of the molecule is CC[C@@]1(C)Oc2ccccc2[C@H]2C=C(c3ccccc3)NN21. The smallest absolute Gasteiger partial charge is 0.177 e. The van der Waals surface area contributed by atoms with Crippen molar-refractivity contribution in [1.29, 1.82) is 0 Å². The zero-order valence-corrected chi connectivity index (χ0v) is 12.9. The predicted molar refractivity (Wildman–Crippen MR) is 87.9 cm³/mol. The average Bonchev–Trinajstić information content (AvgIpc) is 3.02. The Morgan fingerprint density at radius 2 is 1.82 bits per heavy atom. The van der Waals surface area contributed by atoms with Gasteiger partial charge >= 0.3 is 0 Å². The second kappa shape index (κ2) is 4.89. The molecule has 2 aliphatic heterocycles. The van der Waals surface area contributed by atoms with Gasteiger partial charge in [0.2, 0.25) is 0 Å². The van der Waals surface area contributed by atoms with Crippen LogP contribution >= 0.6 is 0 Å². The lowest BCUT2D eigenvalue weighted by atomic mass is 9.98. The van der Waals surface area contributed by atoms with Gasteiger partial charge in [-0.25, -0.2) is 0 Å². The van der Waals surface area contributed by atoms with E-state index < -0.39 is 0 Å². The third-order valence-corrected chi connectivity index (χ3v) is 4.66. The van der Waals surface area contributed by atoms with E-state index in [9.17, 15) is 0 Å². The van der Waals surface area contributed by atoms with Crippen LogP contribution < -0.4 is 10.2 Å².